The van der Waals surface area contributed by atoms with Gasteiger partial charge >= 0.3 is 5.97 Å². The van der Waals surface area contributed by atoms with Crippen LogP contribution in [-0.4, -0.2) is 36.2 Å². The smallest absolute Gasteiger partial charge is 0.307 e. The fraction of sp³-hybridized carbons (Fsp3) is 0.350. The Kier molecular flexibility index (Phi) is 6.07. The van der Waals surface area contributed by atoms with Crippen LogP contribution in [0.25, 0.3) is 0 Å². The number of rotatable bonds is 5. The average Bonchev–Trinajstić information content (AvgIpc) is 2.66. The molecule has 6 heteroatoms. The Hall–Kier alpha value is -1.75. The minimum Gasteiger partial charge on any atom is -0.497 e. The zero-order valence-corrected chi connectivity index (χ0v) is 16.0. The van der Waals surface area contributed by atoms with Crippen LogP contribution < -0.4 is 4.74 Å². The molecule has 0 amide bonds. The molecule has 0 bridgehead atoms. The highest BCUT2D eigenvalue weighted by Gasteiger charge is 2.32. The number of nitrogens with zero attached hydrogens (tertiary/aromatic N) is 1. The van der Waals surface area contributed by atoms with Crippen LogP contribution in [0.2, 0.25) is 10.0 Å². The summed E-state index contributed by atoms with van der Waals surface area (Å²) in [6, 6.07) is 13.2. The summed E-state index contributed by atoms with van der Waals surface area (Å²) < 4.78 is 5.37. The highest BCUT2D eigenvalue weighted by Crippen LogP contribution is 2.39. The first-order valence-corrected chi connectivity index (χ1v) is 9.31. The quantitative estimate of drug-likeness (QED) is 0.785. The Morgan fingerprint density at radius 3 is 2.77 bits per heavy atom. The van der Waals surface area contributed by atoms with E-state index in [1.54, 1.807) is 13.2 Å². The Labute approximate surface area is 163 Å². The number of methoxy groups -OCH3 is 1. The molecule has 3 rings (SSSR count). The van der Waals surface area contributed by atoms with Gasteiger partial charge < -0.3 is 9.84 Å². The van der Waals surface area contributed by atoms with Gasteiger partial charge in [0.2, 0.25) is 0 Å². The molecule has 1 aliphatic rings. The van der Waals surface area contributed by atoms with E-state index in [9.17, 15) is 9.90 Å². The molecule has 1 fully saturated rings. The molecule has 2 atom stereocenters. The molecular formula is C20H21Cl2NO3. The minimum absolute atomic E-state index is 0.182. The zero-order chi connectivity index (χ0) is 18.7. The van der Waals surface area contributed by atoms with E-state index < -0.39 is 5.97 Å². The summed E-state index contributed by atoms with van der Waals surface area (Å²) in [7, 11) is 1.63. The second-order valence-electron chi connectivity index (χ2n) is 6.49. The van der Waals surface area contributed by atoms with Crippen LogP contribution in [0.1, 0.15) is 30.0 Å². The molecule has 0 radical (unpaired) electrons. The first-order chi connectivity index (χ1) is 12.5. The number of piperidine rings is 1. The van der Waals surface area contributed by atoms with Crippen molar-refractivity contribution in [1.82, 2.24) is 4.90 Å². The van der Waals surface area contributed by atoms with Gasteiger partial charge in [-0.2, -0.15) is 0 Å². The summed E-state index contributed by atoms with van der Waals surface area (Å²) in [6.07, 6.45) is 1.52. The topological polar surface area (TPSA) is 49.8 Å². The largest absolute Gasteiger partial charge is 0.497 e. The highest BCUT2D eigenvalue weighted by molar-refractivity contribution is 6.42. The number of carboxylic acid groups (broad SMARTS) is 1. The fourth-order valence-electron chi connectivity index (χ4n) is 3.57. The molecule has 0 spiro atoms. The van der Waals surface area contributed by atoms with Crippen LogP contribution in [0.5, 0.6) is 5.75 Å². The lowest BCUT2D eigenvalue weighted by molar-refractivity contribution is -0.143. The second-order valence-corrected chi connectivity index (χ2v) is 7.28. The standard InChI is InChI=1S/C20H21Cl2NO3/c1-26-15-7-2-5-13(11-15)19(16-8-3-9-17(21)18(16)22)23-10-4-6-14(12-23)20(24)25/h2-3,5,7-9,11,14,19H,4,6,10,12H2,1H3,(H,24,25). The Bertz CT molecular complexity index is 796. The van der Waals surface area contributed by atoms with Crippen molar-refractivity contribution in [2.24, 2.45) is 5.92 Å². The van der Waals surface area contributed by atoms with Gasteiger partial charge in [-0.15, -0.1) is 0 Å². The Morgan fingerprint density at radius 1 is 1.27 bits per heavy atom. The number of benzene rings is 2. The monoisotopic (exact) mass is 393 g/mol. The normalized spacial score (nSPS) is 19.1. The zero-order valence-electron chi connectivity index (χ0n) is 14.5. The predicted octanol–water partition coefficient (Wildman–Crippen LogP) is 4.89. The van der Waals surface area contributed by atoms with Crippen LogP contribution >= 0.6 is 23.2 Å². The van der Waals surface area contributed by atoms with Gasteiger partial charge in [0.25, 0.3) is 0 Å². The van der Waals surface area contributed by atoms with Crippen LogP contribution in [0.15, 0.2) is 42.5 Å². The lowest BCUT2D eigenvalue weighted by Crippen LogP contribution is -2.41. The van der Waals surface area contributed by atoms with Gasteiger partial charge in [-0.3, -0.25) is 9.69 Å². The first kappa shape index (κ1) is 19.0. The van der Waals surface area contributed by atoms with E-state index in [4.69, 9.17) is 27.9 Å². The van der Waals surface area contributed by atoms with E-state index in [1.165, 1.54) is 0 Å². The van der Waals surface area contributed by atoms with Crippen molar-refractivity contribution in [3.8, 4) is 5.75 Å². The van der Waals surface area contributed by atoms with Crippen molar-refractivity contribution in [3.63, 3.8) is 0 Å². The Balaban J connectivity index is 2.06. The maximum absolute atomic E-state index is 11.5. The van der Waals surface area contributed by atoms with Crippen molar-refractivity contribution in [2.45, 2.75) is 18.9 Å². The molecule has 0 aliphatic carbocycles. The number of ether oxygens (including phenoxy) is 1. The molecule has 138 valence electrons. The molecule has 1 N–H and O–H groups in total. The summed E-state index contributed by atoms with van der Waals surface area (Å²) in [4.78, 5) is 13.7. The van der Waals surface area contributed by atoms with Crippen LogP contribution in [0.3, 0.4) is 0 Å². The summed E-state index contributed by atoms with van der Waals surface area (Å²) >= 11 is 12.8. The molecule has 1 aliphatic heterocycles. The number of hydrogen-bond acceptors (Lipinski definition) is 3. The molecule has 1 heterocycles. The second kappa shape index (κ2) is 8.30. The van der Waals surface area contributed by atoms with E-state index >= 15 is 0 Å². The first-order valence-electron chi connectivity index (χ1n) is 8.56. The summed E-state index contributed by atoms with van der Waals surface area (Å²) in [5.74, 6) is -0.386. The maximum Gasteiger partial charge on any atom is 0.307 e. The van der Waals surface area contributed by atoms with Crippen molar-refractivity contribution in [2.75, 3.05) is 20.2 Å². The molecule has 26 heavy (non-hydrogen) atoms. The number of hydrogen-bond donors (Lipinski definition) is 1. The third-order valence-electron chi connectivity index (χ3n) is 4.85. The summed E-state index contributed by atoms with van der Waals surface area (Å²) in [6.45, 7) is 1.27. The fourth-order valence-corrected chi connectivity index (χ4v) is 3.98. The molecular weight excluding hydrogens is 373 g/mol. The molecule has 1 saturated heterocycles. The van der Waals surface area contributed by atoms with Gasteiger partial charge in [0.15, 0.2) is 0 Å². The number of likely N-dealkylation sites (tertiary alicyclic amines) is 1. The van der Waals surface area contributed by atoms with Crippen molar-refractivity contribution in [1.29, 1.82) is 0 Å². The molecule has 2 aromatic rings. The molecule has 4 nitrogen and oxygen atoms in total. The predicted molar refractivity (Wildman–Crippen MR) is 103 cm³/mol. The van der Waals surface area contributed by atoms with Gasteiger partial charge in [0, 0.05) is 6.54 Å². The van der Waals surface area contributed by atoms with Crippen molar-refractivity contribution >= 4 is 29.2 Å². The summed E-state index contributed by atoms with van der Waals surface area (Å²) in [5.41, 5.74) is 1.87. The third kappa shape index (κ3) is 3.98. The van der Waals surface area contributed by atoms with Gasteiger partial charge in [-0.25, -0.2) is 0 Å². The van der Waals surface area contributed by atoms with E-state index in [2.05, 4.69) is 4.90 Å². The lowest BCUT2D eigenvalue weighted by Gasteiger charge is -2.38. The van der Waals surface area contributed by atoms with Gasteiger partial charge in [-0.05, 0) is 48.7 Å². The lowest BCUT2D eigenvalue weighted by atomic mass is 9.91. The van der Waals surface area contributed by atoms with Crippen molar-refractivity contribution < 1.29 is 14.6 Å². The summed E-state index contributed by atoms with van der Waals surface area (Å²) in [5, 5.41) is 10.5. The molecule has 0 aromatic heterocycles. The number of aliphatic carboxylic acids is 1. The average molecular weight is 394 g/mol. The Morgan fingerprint density at radius 2 is 2.04 bits per heavy atom. The molecule has 2 aromatic carbocycles. The van der Waals surface area contributed by atoms with E-state index in [0.717, 1.165) is 29.8 Å². The highest BCUT2D eigenvalue weighted by atomic mass is 35.5. The number of halogens is 2. The van der Waals surface area contributed by atoms with E-state index in [-0.39, 0.29) is 12.0 Å². The van der Waals surface area contributed by atoms with Gasteiger partial charge in [0.1, 0.15) is 5.75 Å². The van der Waals surface area contributed by atoms with E-state index in [1.807, 2.05) is 36.4 Å². The van der Waals surface area contributed by atoms with Gasteiger partial charge in [0.05, 0.1) is 29.1 Å². The van der Waals surface area contributed by atoms with E-state index in [0.29, 0.717) is 23.0 Å². The molecule has 2 unspecified atom stereocenters. The maximum atomic E-state index is 11.5. The van der Waals surface area contributed by atoms with Crippen LogP contribution in [-0.2, 0) is 4.79 Å². The van der Waals surface area contributed by atoms with Crippen LogP contribution in [0.4, 0.5) is 0 Å². The molecule has 0 saturated carbocycles. The van der Waals surface area contributed by atoms with Crippen LogP contribution in [0, 0.1) is 5.92 Å². The SMILES string of the molecule is COc1cccc(C(c2cccc(Cl)c2Cl)N2CCCC(C(=O)O)C2)c1. The van der Waals surface area contributed by atoms with Gasteiger partial charge in [-0.1, -0.05) is 47.5 Å². The minimum atomic E-state index is -0.753. The van der Waals surface area contributed by atoms with Crippen molar-refractivity contribution in [3.05, 3.63) is 63.6 Å². The number of carbonyl (C=O) groups is 1. The number of carboxylic acids is 1. The third-order valence-corrected chi connectivity index (χ3v) is 5.69.